The number of nitro benzene ring substituents is 1. The molecule has 19 heavy (non-hydrogen) atoms. The summed E-state index contributed by atoms with van der Waals surface area (Å²) in [6.45, 7) is -2.22. The zero-order chi connectivity index (χ0) is 14.5. The van der Waals surface area contributed by atoms with Crippen molar-refractivity contribution in [2.24, 2.45) is 0 Å². The van der Waals surface area contributed by atoms with Crippen molar-refractivity contribution in [3.05, 3.63) is 34.4 Å². The van der Waals surface area contributed by atoms with Crippen molar-refractivity contribution in [2.75, 3.05) is 13.2 Å². The quantitative estimate of drug-likeness (QED) is 0.656. The molecule has 0 aliphatic rings. The molecule has 0 saturated carbocycles. The van der Waals surface area contributed by atoms with Crippen LogP contribution in [0.1, 0.15) is 0 Å². The van der Waals surface area contributed by atoms with Gasteiger partial charge in [0.2, 0.25) is 0 Å². The smallest absolute Gasteiger partial charge is 0.405 e. The number of carbonyl (C=O) groups is 1. The number of ether oxygens (including phenoxy) is 1. The van der Waals surface area contributed by atoms with Crippen LogP contribution >= 0.6 is 0 Å². The van der Waals surface area contributed by atoms with Crippen molar-refractivity contribution in [1.82, 2.24) is 5.32 Å². The summed E-state index contributed by atoms with van der Waals surface area (Å²) < 4.78 is 40.2. The molecule has 0 radical (unpaired) electrons. The molecule has 0 saturated heterocycles. The first-order chi connectivity index (χ1) is 8.79. The van der Waals surface area contributed by atoms with E-state index in [1.165, 1.54) is 18.2 Å². The summed E-state index contributed by atoms with van der Waals surface area (Å²) in [6, 6.07) is 5.24. The molecule has 1 aromatic carbocycles. The lowest BCUT2D eigenvalue weighted by molar-refractivity contribution is -0.385. The van der Waals surface area contributed by atoms with Crippen molar-refractivity contribution in [2.45, 2.75) is 6.18 Å². The van der Waals surface area contributed by atoms with E-state index < -0.39 is 30.2 Å². The van der Waals surface area contributed by atoms with Gasteiger partial charge in [-0.1, -0.05) is 12.1 Å². The van der Waals surface area contributed by atoms with Crippen molar-refractivity contribution >= 4 is 11.6 Å². The Morgan fingerprint density at radius 2 is 2.00 bits per heavy atom. The average Bonchev–Trinajstić information content (AvgIpc) is 2.33. The second kappa shape index (κ2) is 6.03. The van der Waals surface area contributed by atoms with Crippen LogP contribution in [-0.2, 0) is 4.79 Å². The number of nitrogens with zero attached hydrogens (tertiary/aromatic N) is 1. The highest BCUT2D eigenvalue weighted by Gasteiger charge is 2.27. The predicted molar refractivity (Wildman–Crippen MR) is 57.7 cm³/mol. The molecule has 1 amide bonds. The monoisotopic (exact) mass is 278 g/mol. The number of benzene rings is 1. The average molecular weight is 278 g/mol. The summed E-state index contributed by atoms with van der Waals surface area (Å²) in [5.41, 5.74) is -0.369. The third kappa shape index (κ3) is 5.23. The van der Waals surface area contributed by atoms with Gasteiger partial charge in [0.15, 0.2) is 12.4 Å². The summed E-state index contributed by atoms with van der Waals surface area (Å²) in [5, 5.41) is 12.2. The van der Waals surface area contributed by atoms with E-state index in [0.717, 1.165) is 6.07 Å². The number of nitro groups is 1. The highest BCUT2D eigenvalue weighted by atomic mass is 19.4. The van der Waals surface area contributed by atoms with E-state index in [2.05, 4.69) is 0 Å². The Balaban J connectivity index is 2.53. The van der Waals surface area contributed by atoms with Gasteiger partial charge in [-0.25, -0.2) is 0 Å². The van der Waals surface area contributed by atoms with Crippen LogP contribution < -0.4 is 10.1 Å². The predicted octanol–water partition coefficient (Wildman–Crippen LogP) is 1.65. The maximum absolute atomic E-state index is 11.8. The molecule has 0 unspecified atom stereocenters. The number of rotatable bonds is 5. The van der Waals surface area contributed by atoms with E-state index in [1.54, 1.807) is 5.32 Å². The fraction of sp³-hybridized carbons (Fsp3) is 0.300. The van der Waals surface area contributed by atoms with Crippen molar-refractivity contribution in [3.63, 3.8) is 0 Å². The van der Waals surface area contributed by atoms with Crippen LogP contribution in [0.2, 0.25) is 0 Å². The number of carbonyl (C=O) groups excluding carboxylic acids is 1. The fourth-order valence-corrected chi connectivity index (χ4v) is 1.12. The molecule has 0 bridgehead atoms. The van der Waals surface area contributed by atoms with E-state index in [0.29, 0.717) is 0 Å². The maximum Gasteiger partial charge on any atom is 0.405 e. The topological polar surface area (TPSA) is 81.5 Å². The van der Waals surface area contributed by atoms with Gasteiger partial charge in [-0.2, -0.15) is 13.2 Å². The Bertz CT molecular complexity index is 476. The molecule has 0 atom stereocenters. The normalized spacial score (nSPS) is 10.9. The van der Waals surface area contributed by atoms with Gasteiger partial charge in [-0.3, -0.25) is 14.9 Å². The van der Waals surface area contributed by atoms with Crippen LogP contribution in [0.25, 0.3) is 0 Å². The second-order valence-electron chi connectivity index (χ2n) is 3.41. The maximum atomic E-state index is 11.8. The van der Waals surface area contributed by atoms with Gasteiger partial charge in [0.1, 0.15) is 6.54 Å². The molecule has 9 heteroatoms. The Hall–Kier alpha value is -2.32. The molecule has 0 aromatic heterocycles. The van der Waals surface area contributed by atoms with Crippen LogP contribution in [0.3, 0.4) is 0 Å². The highest BCUT2D eigenvalue weighted by Crippen LogP contribution is 2.25. The highest BCUT2D eigenvalue weighted by molar-refractivity contribution is 5.77. The number of halogens is 3. The van der Waals surface area contributed by atoms with Gasteiger partial charge in [-0.15, -0.1) is 0 Å². The molecule has 1 aromatic rings. The first kappa shape index (κ1) is 14.7. The summed E-state index contributed by atoms with van der Waals surface area (Å²) in [5.74, 6) is -1.20. The number of amides is 1. The Morgan fingerprint density at radius 1 is 1.37 bits per heavy atom. The van der Waals surface area contributed by atoms with Gasteiger partial charge in [0.25, 0.3) is 5.91 Å². The standard InChI is InChI=1S/C10H9F3N2O4/c11-10(12,13)6-14-9(16)5-19-8-4-2-1-3-7(8)15(17)18/h1-4H,5-6H2,(H,14,16). The van der Waals surface area contributed by atoms with E-state index >= 15 is 0 Å². The lowest BCUT2D eigenvalue weighted by atomic mass is 10.3. The molecule has 0 spiro atoms. The van der Waals surface area contributed by atoms with Crippen LogP contribution in [0.5, 0.6) is 5.75 Å². The van der Waals surface area contributed by atoms with Gasteiger partial charge in [0, 0.05) is 6.07 Å². The molecule has 0 heterocycles. The minimum atomic E-state index is -4.52. The first-order valence-electron chi connectivity index (χ1n) is 4.99. The molecular formula is C10H9F3N2O4. The lowest BCUT2D eigenvalue weighted by Gasteiger charge is -2.09. The number of para-hydroxylation sites is 2. The van der Waals surface area contributed by atoms with Gasteiger partial charge in [-0.05, 0) is 6.07 Å². The Kier molecular flexibility index (Phi) is 4.67. The fourth-order valence-electron chi connectivity index (χ4n) is 1.12. The second-order valence-corrected chi connectivity index (χ2v) is 3.41. The third-order valence-corrected chi connectivity index (χ3v) is 1.91. The zero-order valence-corrected chi connectivity index (χ0v) is 9.44. The third-order valence-electron chi connectivity index (χ3n) is 1.91. The summed E-state index contributed by atoms with van der Waals surface area (Å²) in [6.07, 6.45) is -4.52. The van der Waals surface area contributed by atoms with Gasteiger partial charge in [0.05, 0.1) is 4.92 Å². The molecule has 6 nitrogen and oxygen atoms in total. The van der Waals surface area contributed by atoms with Crippen molar-refractivity contribution in [3.8, 4) is 5.75 Å². The molecule has 104 valence electrons. The molecule has 1 N–H and O–H groups in total. The Labute approximate surface area is 105 Å². The largest absolute Gasteiger partial charge is 0.477 e. The summed E-state index contributed by atoms with van der Waals surface area (Å²) in [7, 11) is 0. The van der Waals surface area contributed by atoms with E-state index in [9.17, 15) is 28.1 Å². The minimum Gasteiger partial charge on any atom is -0.477 e. The lowest BCUT2D eigenvalue weighted by Crippen LogP contribution is -2.36. The van der Waals surface area contributed by atoms with Crippen molar-refractivity contribution in [1.29, 1.82) is 0 Å². The number of hydrogen-bond donors (Lipinski definition) is 1. The van der Waals surface area contributed by atoms with Crippen LogP contribution in [0, 0.1) is 10.1 Å². The molecule has 1 rings (SSSR count). The molecular weight excluding hydrogens is 269 g/mol. The van der Waals surface area contributed by atoms with Crippen molar-refractivity contribution < 1.29 is 27.6 Å². The number of nitrogens with one attached hydrogen (secondary N) is 1. The van der Waals surface area contributed by atoms with Gasteiger partial charge < -0.3 is 10.1 Å². The summed E-state index contributed by atoms with van der Waals surface area (Å²) >= 11 is 0. The SMILES string of the molecule is O=C(COc1ccccc1[N+](=O)[O-])NCC(F)(F)F. The Morgan fingerprint density at radius 3 is 2.58 bits per heavy atom. The number of alkyl halides is 3. The van der Waals surface area contributed by atoms with Gasteiger partial charge >= 0.3 is 11.9 Å². The van der Waals surface area contributed by atoms with Crippen LogP contribution in [0.15, 0.2) is 24.3 Å². The van der Waals surface area contributed by atoms with Crippen LogP contribution in [0.4, 0.5) is 18.9 Å². The zero-order valence-electron chi connectivity index (χ0n) is 9.44. The van der Waals surface area contributed by atoms with E-state index in [4.69, 9.17) is 4.74 Å². The van der Waals surface area contributed by atoms with E-state index in [-0.39, 0.29) is 11.4 Å². The first-order valence-corrected chi connectivity index (χ1v) is 4.99. The van der Waals surface area contributed by atoms with Crippen LogP contribution in [-0.4, -0.2) is 30.2 Å². The van der Waals surface area contributed by atoms with E-state index in [1.807, 2.05) is 0 Å². The molecule has 0 aliphatic heterocycles. The minimum absolute atomic E-state index is 0.186. The summed E-state index contributed by atoms with van der Waals surface area (Å²) in [4.78, 5) is 20.9. The number of hydrogen-bond acceptors (Lipinski definition) is 4. The molecule has 0 aliphatic carbocycles. The molecule has 0 fully saturated rings.